The smallest absolute Gasteiger partial charge is 0.223 e. The van der Waals surface area contributed by atoms with Crippen LogP contribution in [0.5, 0.6) is 0 Å². The van der Waals surface area contributed by atoms with Crippen LogP contribution < -0.4 is 5.32 Å². The molecule has 2 aromatic heterocycles. The standard InChI is InChI=1S/C18H19N3O2/c22-18(14-6-8-21-12-19-11-15(21)9-14)20-7-5-16-10-13-3-1-2-4-17(13)23-16/h1-4,10-12,14H,5-9H2,(H,20,22). The van der Waals surface area contributed by atoms with Gasteiger partial charge >= 0.3 is 0 Å². The summed E-state index contributed by atoms with van der Waals surface area (Å²) < 4.78 is 7.89. The molecule has 1 aromatic carbocycles. The molecule has 1 atom stereocenters. The first-order valence-electron chi connectivity index (χ1n) is 8.04. The van der Waals surface area contributed by atoms with Crippen LogP contribution in [-0.2, 0) is 24.2 Å². The van der Waals surface area contributed by atoms with E-state index in [1.807, 2.05) is 42.9 Å². The average molecular weight is 309 g/mol. The zero-order chi connectivity index (χ0) is 15.6. The number of nitrogens with zero attached hydrogens (tertiary/aromatic N) is 2. The van der Waals surface area contributed by atoms with E-state index in [0.29, 0.717) is 13.0 Å². The van der Waals surface area contributed by atoms with Crippen LogP contribution in [0.2, 0.25) is 0 Å². The van der Waals surface area contributed by atoms with Crippen LogP contribution in [0.3, 0.4) is 0 Å². The summed E-state index contributed by atoms with van der Waals surface area (Å²) in [5.74, 6) is 1.09. The Hall–Kier alpha value is -2.56. The first-order valence-corrected chi connectivity index (χ1v) is 8.04. The fraction of sp³-hybridized carbons (Fsp3) is 0.333. The van der Waals surface area contributed by atoms with E-state index in [4.69, 9.17) is 4.42 Å². The summed E-state index contributed by atoms with van der Waals surface area (Å²) in [6.07, 6.45) is 6.06. The molecule has 5 heteroatoms. The molecule has 0 fully saturated rings. The Kier molecular flexibility index (Phi) is 3.61. The number of carbonyl (C=O) groups excluding carboxylic acids is 1. The number of furan rings is 1. The molecule has 4 rings (SSSR count). The van der Waals surface area contributed by atoms with Crippen molar-refractivity contribution in [1.29, 1.82) is 0 Å². The van der Waals surface area contributed by atoms with Gasteiger partial charge in [-0.2, -0.15) is 0 Å². The molecule has 1 aliphatic heterocycles. The quantitative estimate of drug-likeness (QED) is 0.805. The normalized spacial score (nSPS) is 17.1. The van der Waals surface area contributed by atoms with Gasteiger partial charge in [-0.25, -0.2) is 4.98 Å². The summed E-state index contributed by atoms with van der Waals surface area (Å²) in [4.78, 5) is 16.5. The Morgan fingerprint density at radius 3 is 3.22 bits per heavy atom. The Balaban J connectivity index is 1.32. The molecule has 3 aromatic rings. The van der Waals surface area contributed by atoms with Crippen molar-refractivity contribution < 1.29 is 9.21 Å². The number of hydrogen-bond acceptors (Lipinski definition) is 3. The van der Waals surface area contributed by atoms with Gasteiger partial charge in [-0.05, 0) is 18.6 Å². The first-order chi connectivity index (χ1) is 11.3. The van der Waals surface area contributed by atoms with Gasteiger partial charge < -0.3 is 14.3 Å². The van der Waals surface area contributed by atoms with Crippen molar-refractivity contribution in [3.63, 3.8) is 0 Å². The van der Waals surface area contributed by atoms with E-state index >= 15 is 0 Å². The van der Waals surface area contributed by atoms with Gasteiger partial charge in [0.2, 0.25) is 5.91 Å². The number of hydrogen-bond donors (Lipinski definition) is 1. The second-order valence-corrected chi connectivity index (χ2v) is 6.06. The van der Waals surface area contributed by atoms with Crippen LogP contribution in [-0.4, -0.2) is 22.0 Å². The zero-order valence-corrected chi connectivity index (χ0v) is 12.9. The summed E-state index contributed by atoms with van der Waals surface area (Å²) in [6.45, 7) is 1.48. The van der Waals surface area contributed by atoms with Crippen molar-refractivity contribution in [2.75, 3.05) is 6.54 Å². The van der Waals surface area contributed by atoms with Crippen LogP contribution in [0.1, 0.15) is 17.9 Å². The van der Waals surface area contributed by atoms with E-state index in [2.05, 4.69) is 14.9 Å². The third-order valence-electron chi connectivity index (χ3n) is 4.49. The minimum atomic E-state index is 0.0508. The molecule has 1 unspecified atom stereocenters. The fourth-order valence-electron chi connectivity index (χ4n) is 3.21. The summed E-state index contributed by atoms with van der Waals surface area (Å²) in [5, 5.41) is 4.15. The van der Waals surface area contributed by atoms with Crippen LogP contribution >= 0.6 is 0 Å². The molecule has 0 spiro atoms. The van der Waals surface area contributed by atoms with Crippen LogP contribution in [0.25, 0.3) is 11.0 Å². The van der Waals surface area contributed by atoms with Gasteiger partial charge in [0.15, 0.2) is 0 Å². The SMILES string of the molecule is O=C(NCCc1cc2ccccc2o1)C1CCn2cncc2C1. The van der Waals surface area contributed by atoms with Gasteiger partial charge in [0.25, 0.3) is 0 Å². The number of benzene rings is 1. The summed E-state index contributed by atoms with van der Waals surface area (Å²) >= 11 is 0. The van der Waals surface area contributed by atoms with E-state index in [1.54, 1.807) is 0 Å². The zero-order valence-electron chi connectivity index (χ0n) is 12.9. The average Bonchev–Trinajstić information content (AvgIpc) is 3.19. The molecule has 0 bridgehead atoms. The molecule has 1 amide bonds. The molecule has 0 saturated carbocycles. The third kappa shape index (κ3) is 2.86. The van der Waals surface area contributed by atoms with Gasteiger partial charge in [-0.3, -0.25) is 4.79 Å². The van der Waals surface area contributed by atoms with Crippen LogP contribution in [0.4, 0.5) is 0 Å². The topological polar surface area (TPSA) is 60.1 Å². The lowest BCUT2D eigenvalue weighted by atomic mass is 9.95. The number of imidazole rings is 1. The number of amides is 1. The lowest BCUT2D eigenvalue weighted by molar-refractivity contribution is -0.125. The fourth-order valence-corrected chi connectivity index (χ4v) is 3.21. The van der Waals surface area contributed by atoms with Crippen molar-refractivity contribution in [1.82, 2.24) is 14.9 Å². The Morgan fingerprint density at radius 2 is 2.30 bits per heavy atom. The minimum absolute atomic E-state index is 0.0508. The van der Waals surface area contributed by atoms with E-state index in [0.717, 1.165) is 41.8 Å². The number of aryl methyl sites for hydroxylation is 1. The first kappa shape index (κ1) is 14.1. The number of rotatable bonds is 4. The number of nitrogens with one attached hydrogen (secondary N) is 1. The number of fused-ring (bicyclic) bond motifs is 2. The Labute approximate surface area is 134 Å². The summed E-state index contributed by atoms with van der Waals surface area (Å²) in [7, 11) is 0. The predicted molar refractivity (Wildman–Crippen MR) is 87.0 cm³/mol. The number of aromatic nitrogens is 2. The molecule has 23 heavy (non-hydrogen) atoms. The summed E-state index contributed by atoms with van der Waals surface area (Å²) in [5.41, 5.74) is 2.04. The lowest BCUT2D eigenvalue weighted by Crippen LogP contribution is -2.36. The second-order valence-electron chi connectivity index (χ2n) is 6.06. The van der Waals surface area contributed by atoms with Gasteiger partial charge in [-0.15, -0.1) is 0 Å². The Morgan fingerprint density at radius 1 is 1.39 bits per heavy atom. The van der Waals surface area contributed by atoms with Crippen molar-refractivity contribution in [2.45, 2.75) is 25.8 Å². The summed E-state index contributed by atoms with van der Waals surface area (Å²) in [6, 6.07) is 10.00. The molecule has 0 radical (unpaired) electrons. The maximum atomic E-state index is 12.3. The van der Waals surface area contributed by atoms with Gasteiger partial charge in [0.05, 0.1) is 6.33 Å². The highest BCUT2D eigenvalue weighted by molar-refractivity contribution is 5.79. The molecule has 1 N–H and O–H groups in total. The van der Waals surface area contributed by atoms with Crippen molar-refractivity contribution in [2.24, 2.45) is 5.92 Å². The Bertz CT molecular complexity index is 801. The van der Waals surface area contributed by atoms with E-state index in [1.165, 1.54) is 0 Å². The van der Waals surface area contributed by atoms with Crippen molar-refractivity contribution in [3.8, 4) is 0 Å². The molecule has 1 aliphatic rings. The molecular formula is C18H19N3O2. The molecule has 5 nitrogen and oxygen atoms in total. The molecule has 3 heterocycles. The van der Waals surface area contributed by atoms with Crippen molar-refractivity contribution in [3.05, 3.63) is 54.3 Å². The second kappa shape index (κ2) is 5.91. The van der Waals surface area contributed by atoms with Crippen molar-refractivity contribution >= 4 is 16.9 Å². The van der Waals surface area contributed by atoms with Gasteiger partial charge in [0, 0.05) is 49.1 Å². The van der Waals surface area contributed by atoms with E-state index < -0.39 is 0 Å². The molecule has 0 saturated heterocycles. The highest BCUT2D eigenvalue weighted by Gasteiger charge is 2.24. The third-order valence-corrected chi connectivity index (χ3v) is 4.49. The molecular weight excluding hydrogens is 290 g/mol. The highest BCUT2D eigenvalue weighted by Crippen LogP contribution is 2.21. The van der Waals surface area contributed by atoms with Gasteiger partial charge in [0.1, 0.15) is 11.3 Å². The number of para-hydroxylation sites is 1. The predicted octanol–water partition coefficient (Wildman–Crippen LogP) is 2.55. The van der Waals surface area contributed by atoms with E-state index in [9.17, 15) is 4.79 Å². The van der Waals surface area contributed by atoms with Crippen LogP contribution in [0.15, 0.2) is 47.3 Å². The molecule has 118 valence electrons. The number of carbonyl (C=O) groups is 1. The lowest BCUT2D eigenvalue weighted by Gasteiger charge is -2.22. The highest BCUT2D eigenvalue weighted by atomic mass is 16.3. The monoisotopic (exact) mass is 309 g/mol. The minimum Gasteiger partial charge on any atom is -0.461 e. The molecule has 0 aliphatic carbocycles. The van der Waals surface area contributed by atoms with E-state index in [-0.39, 0.29) is 11.8 Å². The van der Waals surface area contributed by atoms with Crippen LogP contribution in [0, 0.1) is 5.92 Å². The maximum absolute atomic E-state index is 12.3. The largest absolute Gasteiger partial charge is 0.461 e. The van der Waals surface area contributed by atoms with Gasteiger partial charge in [-0.1, -0.05) is 18.2 Å². The maximum Gasteiger partial charge on any atom is 0.223 e.